The standard InChI is InChI=1S/C23H24FN3O3/c1-16-2-4-18(5-3-16)21(27-10-12-29-13-11-27)15-25-23(28)22-14-20(26-30-22)17-6-8-19(24)9-7-17/h2-9,14,21H,10-13,15H2,1H3,(H,25,28)/t21-/m0/s1. The Hall–Kier alpha value is -3.03. The van der Waals surface area contributed by atoms with Crippen LogP contribution < -0.4 is 5.32 Å². The van der Waals surface area contributed by atoms with E-state index in [1.807, 2.05) is 0 Å². The molecule has 1 amide bonds. The van der Waals surface area contributed by atoms with Crippen LogP contribution in [0.3, 0.4) is 0 Å². The first-order chi connectivity index (χ1) is 14.6. The van der Waals surface area contributed by atoms with Crippen molar-refractivity contribution in [1.82, 2.24) is 15.4 Å². The van der Waals surface area contributed by atoms with E-state index in [1.54, 1.807) is 18.2 Å². The van der Waals surface area contributed by atoms with Crippen LogP contribution in [-0.4, -0.2) is 48.8 Å². The summed E-state index contributed by atoms with van der Waals surface area (Å²) in [6.45, 7) is 5.47. The first kappa shape index (κ1) is 20.3. The van der Waals surface area contributed by atoms with Crippen molar-refractivity contribution in [3.8, 4) is 11.3 Å². The number of carbonyl (C=O) groups excluding carboxylic acids is 1. The Morgan fingerprint density at radius 1 is 1.13 bits per heavy atom. The number of nitrogens with one attached hydrogen (secondary N) is 1. The van der Waals surface area contributed by atoms with Gasteiger partial charge in [0.2, 0.25) is 5.76 Å². The molecule has 1 atom stereocenters. The van der Waals surface area contributed by atoms with Crippen molar-refractivity contribution in [2.75, 3.05) is 32.8 Å². The predicted octanol–water partition coefficient (Wildman–Crippen LogP) is 3.59. The Bertz CT molecular complexity index is 980. The van der Waals surface area contributed by atoms with Crippen LogP contribution >= 0.6 is 0 Å². The van der Waals surface area contributed by atoms with Crippen molar-refractivity contribution in [1.29, 1.82) is 0 Å². The van der Waals surface area contributed by atoms with E-state index < -0.39 is 0 Å². The summed E-state index contributed by atoms with van der Waals surface area (Å²) in [6.07, 6.45) is 0. The number of hydrogen-bond acceptors (Lipinski definition) is 5. The van der Waals surface area contributed by atoms with E-state index in [2.05, 4.69) is 46.6 Å². The SMILES string of the molecule is Cc1ccc([C@H](CNC(=O)c2cc(-c3ccc(F)cc3)no2)N2CCOCC2)cc1. The Kier molecular flexibility index (Phi) is 6.21. The second kappa shape index (κ2) is 9.19. The first-order valence-corrected chi connectivity index (χ1v) is 9.99. The molecule has 2 aromatic carbocycles. The highest BCUT2D eigenvalue weighted by Gasteiger charge is 2.24. The first-order valence-electron chi connectivity index (χ1n) is 9.99. The molecule has 0 aliphatic carbocycles. The quantitative estimate of drug-likeness (QED) is 0.674. The second-order valence-corrected chi connectivity index (χ2v) is 7.37. The van der Waals surface area contributed by atoms with Gasteiger partial charge in [-0.3, -0.25) is 9.69 Å². The normalized spacial score (nSPS) is 15.7. The van der Waals surface area contributed by atoms with E-state index in [0.29, 0.717) is 31.0 Å². The van der Waals surface area contributed by atoms with E-state index in [0.717, 1.165) is 18.7 Å². The van der Waals surface area contributed by atoms with E-state index >= 15 is 0 Å². The predicted molar refractivity (Wildman–Crippen MR) is 111 cm³/mol. The highest BCUT2D eigenvalue weighted by molar-refractivity contribution is 5.92. The van der Waals surface area contributed by atoms with Crippen molar-refractivity contribution in [3.05, 3.63) is 77.3 Å². The minimum Gasteiger partial charge on any atom is -0.379 e. The fourth-order valence-corrected chi connectivity index (χ4v) is 3.55. The highest BCUT2D eigenvalue weighted by atomic mass is 19.1. The zero-order chi connectivity index (χ0) is 20.9. The molecule has 0 saturated carbocycles. The fraction of sp³-hybridized carbons (Fsp3) is 0.304. The average Bonchev–Trinajstić information content (AvgIpc) is 3.27. The molecule has 6 nitrogen and oxygen atoms in total. The molecule has 0 bridgehead atoms. The van der Waals surface area contributed by atoms with Gasteiger partial charge in [-0.25, -0.2) is 4.39 Å². The number of halogens is 1. The molecule has 1 saturated heterocycles. The molecule has 0 radical (unpaired) electrons. The molecule has 3 aromatic rings. The topological polar surface area (TPSA) is 67.6 Å². The molecule has 1 aliphatic rings. The highest BCUT2D eigenvalue weighted by Crippen LogP contribution is 2.23. The molecule has 1 N–H and O–H groups in total. The lowest BCUT2D eigenvalue weighted by Crippen LogP contribution is -2.43. The summed E-state index contributed by atoms with van der Waals surface area (Å²) >= 11 is 0. The fourth-order valence-electron chi connectivity index (χ4n) is 3.55. The molecule has 1 aromatic heterocycles. The summed E-state index contributed by atoms with van der Waals surface area (Å²) < 4.78 is 23.8. The lowest BCUT2D eigenvalue weighted by molar-refractivity contribution is 0.0161. The molecule has 156 valence electrons. The number of aryl methyl sites for hydroxylation is 1. The van der Waals surface area contributed by atoms with Crippen LogP contribution in [0.4, 0.5) is 4.39 Å². The number of morpholine rings is 1. The molecular formula is C23H24FN3O3. The molecule has 7 heteroatoms. The van der Waals surface area contributed by atoms with Crippen LogP contribution in [0.25, 0.3) is 11.3 Å². The van der Waals surface area contributed by atoms with Gasteiger partial charge in [0.25, 0.3) is 5.91 Å². The maximum absolute atomic E-state index is 13.1. The molecule has 1 fully saturated rings. The molecule has 0 unspecified atom stereocenters. The minimum absolute atomic E-state index is 0.0398. The van der Waals surface area contributed by atoms with Crippen LogP contribution in [0, 0.1) is 12.7 Å². The number of hydrogen-bond donors (Lipinski definition) is 1. The third-order valence-electron chi connectivity index (χ3n) is 5.28. The van der Waals surface area contributed by atoms with Gasteiger partial charge in [-0.1, -0.05) is 35.0 Å². The van der Waals surface area contributed by atoms with Crippen molar-refractivity contribution in [3.63, 3.8) is 0 Å². The number of nitrogens with zero attached hydrogens (tertiary/aromatic N) is 2. The monoisotopic (exact) mass is 409 g/mol. The second-order valence-electron chi connectivity index (χ2n) is 7.37. The van der Waals surface area contributed by atoms with Gasteiger partial charge in [-0.2, -0.15) is 0 Å². The minimum atomic E-state index is -0.332. The largest absolute Gasteiger partial charge is 0.379 e. The summed E-state index contributed by atoms with van der Waals surface area (Å²) in [4.78, 5) is 15.0. The van der Waals surface area contributed by atoms with Crippen molar-refractivity contribution >= 4 is 5.91 Å². The molecule has 1 aliphatic heterocycles. The zero-order valence-corrected chi connectivity index (χ0v) is 16.8. The third kappa shape index (κ3) is 4.75. The number of aromatic nitrogens is 1. The summed E-state index contributed by atoms with van der Waals surface area (Å²) in [5.41, 5.74) is 3.51. The van der Waals surface area contributed by atoms with Crippen LogP contribution in [0.2, 0.25) is 0 Å². The summed E-state index contributed by atoms with van der Waals surface area (Å²) in [5, 5.41) is 6.90. The molecular weight excluding hydrogens is 385 g/mol. The Morgan fingerprint density at radius 3 is 2.53 bits per heavy atom. The Morgan fingerprint density at radius 2 is 1.83 bits per heavy atom. The van der Waals surface area contributed by atoms with Gasteiger partial charge >= 0.3 is 0 Å². The summed E-state index contributed by atoms with van der Waals surface area (Å²) in [7, 11) is 0. The zero-order valence-electron chi connectivity index (χ0n) is 16.8. The molecule has 30 heavy (non-hydrogen) atoms. The van der Waals surface area contributed by atoms with Crippen molar-refractivity contribution in [2.24, 2.45) is 0 Å². The number of amides is 1. The number of rotatable bonds is 6. The Balaban J connectivity index is 1.45. The maximum atomic E-state index is 13.1. The molecule has 0 spiro atoms. The van der Waals surface area contributed by atoms with Gasteiger partial charge in [0, 0.05) is 31.3 Å². The smallest absolute Gasteiger partial charge is 0.289 e. The lowest BCUT2D eigenvalue weighted by Gasteiger charge is -2.34. The van der Waals surface area contributed by atoms with E-state index in [9.17, 15) is 9.18 Å². The van der Waals surface area contributed by atoms with Crippen LogP contribution in [-0.2, 0) is 4.74 Å². The van der Waals surface area contributed by atoms with Gasteiger partial charge < -0.3 is 14.6 Å². The van der Waals surface area contributed by atoms with Gasteiger partial charge in [0.05, 0.1) is 19.3 Å². The summed E-state index contributed by atoms with van der Waals surface area (Å²) in [5.74, 6) is -0.536. The molecule has 2 heterocycles. The number of benzene rings is 2. The van der Waals surface area contributed by atoms with Crippen LogP contribution in [0.1, 0.15) is 27.7 Å². The maximum Gasteiger partial charge on any atom is 0.289 e. The third-order valence-corrected chi connectivity index (χ3v) is 5.28. The van der Waals surface area contributed by atoms with Crippen LogP contribution in [0.5, 0.6) is 0 Å². The summed E-state index contributed by atoms with van der Waals surface area (Å²) in [6, 6.07) is 15.9. The lowest BCUT2D eigenvalue weighted by atomic mass is 10.0. The van der Waals surface area contributed by atoms with Crippen molar-refractivity contribution in [2.45, 2.75) is 13.0 Å². The van der Waals surface area contributed by atoms with Crippen LogP contribution in [0.15, 0.2) is 59.1 Å². The van der Waals surface area contributed by atoms with E-state index in [4.69, 9.17) is 9.26 Å². The number of carbonyl (C=O) groups is 1. The number of ether oxygens (including phenoxy) is 1. The average molecular weight is 409 g/mol. The van der Waals surface area contributed by atoms with Gasteiger partial charge in [-0.05, 0) is 36.8 Å². The van der Waals surface area contributed by atoms with Gasteiger partial charge in [0.1, 0.15) is 11.5 Å². The van der Waals surface area contributed by atoms with Crippen molar-refractivity contribution < 1.29 is 18.4 Å². The Labute approximate surface area is 174 Å². The molecule has 4 rings (SSSR count). The van der Waals surface area contributed by atoms with Gasteiger partial charge in [0.15, 0.2) is 0 Å². The van der Waals surface area contributed by atoms with Gasteiger partial charge in [-0.15, -0.1) is 0 Å². The van der Waals surface area contributed by atoms with E-state index in [1.165, 1.54) is 17.7 Å². The van der Waals surface area contributed by atoms with E-state index in [-0.39, 0.29) is 23.5 Å².